The molecule has 0 unspecified atom stereocenters. The molecule has 18 heavy (non-hydrogen) atoms. The zero-order valence-electron chi connectivity index (χ0n) is 9.36. The third-order valence-corrected chi connectivity index (χ3v) is 2.34. The lowest BCUT2D eigenvalue weighted by Crippen LogP contribution is -1.92. The van der Waals surface area contributed by atoms with Crippen molar-refractivity contribution < 1.29 is 27.7 Å². The van der Waals surface area contributed by atoms with Crippen LogP contribution in [0.1, 0.15) is 12.5 Å². The Labute approximate surface area is 109 Å². The van der Waals surface area contributed by atoms with Crippen LogP contribution in [0.3, 0.4) is 0 Å². The van der Waals surface area contributed by atoms with E-state index in [0.717, 1.165) is 5.75 Å². The number of hydrogen-bond donors (Lipinski definition) is 5. The summed E-state index contributed by atoms with van der Waals surface area (Å²) >= 11 is 1.39. The van der Waals surface area contributed by atoms with Crippen LogP contribution in [0.15, 0.2) is 18.2 Å². The fraction of sp³-hybridized carbons (Fsp3) is 0.222. The summed E-state index contributed by atoms with van der Waals surface area (Å²) in [7, 11) is -4.67. The van der Waals surface area contributed by atoms with Crippen LogP contribution in [0.2, 0.25) is 0 Å². The molecule has 0 aromatic heterocycles. The summed E-state index contributed by atoms with van der Waals surface area (Å²) in [6.07, 6.45) is 0. The van der Waals surface area contributed by atoms with E-state index >= 15 is 0 Å². The number of hydrogen-bond acceptors (Lipinski definition) is 6. The summed E-state index contributed by atoms with van der Waals surface area (Å²) in [5.41, 5.74) is 0.627. The SMILES string of the molecule is CCSC(=N)c1ccc(O)c(O)c1.O=S(=O)(O)O. The van der Waals surface area contributed by atoms with Gasteiger partial charge < -0.3 is 10.2 Å². The molecule has 0 aliphatic rings. The molecule has 0 bridgehead atoms. The highest BCUT2D eigenvalue weighted by Gasteiger charge is 2.04. The van der Waals surface area contributed by atoms with E-state index in [-0.39, 0.29) is 11.5 Å². The molecule has 0 amide bonds. The van der Waals surface area contributed by atoms with Gasteiger partial charge >= 0.3 is 10.4 Å². The average molecular weight is 295 g/mol. The van der Waals surface area contributed by atoms with E-state index in [2.05, 4.69) is 0 Å². The topological polar surface area (TPSA) is 139 Å². The van der Waals surface area contributed by atoms with Crippen molar-refractivity contribution in [3.8, 4) is 11.5 Å². The van der Waals surface area contributed by atoms with E-state index in [1.54, 1.807) is 6.07 Å². The first-order valence-corrected chi connectivity index (χ1v) is 6.97. The maximum absolute atomic E-state index is 9.16. The van der Waals surface area contributed by atoms with Gasteiger partial charge in [-0.05, 0) is 24.0 Å². The predicted molar refractivity (Wildman–Crippen MR) is 68.9 cm³/mol. The van der Waals surface area contributed by atoms with Crippen molar-refractivity contribution in [2.45, 2.75) is 6.92 Å². The molecule has 1 rings (SSSR count). The van der Waals surface area contributed by atoms with E-state index < -0.39 is 10.4 Å². The third kappa shape index (κ3) is 7.90. The normalized spacial score (nSPS) is 10.4. The second-order valence-corrected chi connectivity index (χ2v) is 5.08. The predicted octanol–water partition coefficient (Wildman–Crippen LogP) is 1.52. The number of aromatic hydroxyl groups is 2. The first-order valence-electron chi connectivity index (χ1n) is 4.58. The summed E-state index contributed by atoms with van der Waals surface area (Å²) in [6.45, 7) is 1.96. The Morgan fingerprint density at radius 2 is 1.78 bits per heavy atom. The van der Waals surface area contributed by atoms with E-state index in [0.29, 0.717) is 10.6 Å². The van der Waals surface area contributed by atoms with Crippen molar-refractivity contribution in [2.75, 3.05) is 5.75 Å². The summed E-state index contributed by atoms with van der Waals surface area (Å²) in [6, 6.07) is 4.38. The molecule has 0 heterocycles. The Hall–Kier alpha value is -1.29. The lowest BCUT2D eigenvalue weighted by molar-refractivity contribution is 0.381. The third-order valence-electron chi connectivity index (χ3n) is 1.53. The number of nitrogens with one attached hydrogen (secondary N) is 1. The molecule has 0 radical (unpaired) electrons. The number of thioether (sulfide) groups is 1. The standard InChI is InChI=1S/C9H11NO2S.H2O4S/c1-2-13-9(10)6-3-4-7(11)8(12)5-6;1-5(2,3)4/h3-5,10-12H,2H2,1H3;(H2,1,2,3,4). The number of phenolic OH excluding ortho intramolecular Hbond substituents is 2. The van der Waals surface area contributed by atoms with Crippen LogP contribution in [0, 0.1) is 5.41 Å². The van der Waals surface area contributed by atoms with Crippen LogP contribution >= 0.6 is 11.8 Å². The molecule has 102 valence electrons. The first-order chi connectivity index (χ1) is 8.15. The minimum atomic E-state index is -4.67. The van der Waals surface area contributed by atoms with Crippen LogP contribution < -0.4 is 0 Å². The van der Waals surface area contributed by atoms with E-state index in [1.807, 2.05) is 6.92 Å². The maximum Gasteiger partial charge on any atom is 0.394 e. The van der Waals surface area contributed by atoms with Gasteiger partial charge in [-0.15, -0.1) is 11.8 Å². The fourth-order valence-electron chi connectivity index (χ4n) is 0.892. The fourth-order valence-corrected chi connectivity index (χ4v) is 1.47. The molecule has 0 atom stereocenters. The molecule has 9 heteroatoms. The second-order valence-electron chi connectivity index (χ2n) is 2.91. The van der Waals surface area contributed by atoms with Gasteiger partial charge in [0.2, 0.25) is 0 Å². The van der Waals surface area contributed by atoms with Crippen molar-refractivity contribution in [1.82, 2.24) is 0 Å². The molecular weight excluding hydrogens is 282 g/mol. The number of phenols is 2. The molecule has 0 spiro atoms. The Morgan fingerprint density at radius 1 is 1.28 bits per heavy atom. The number of benzene rings is 1. The second kappa shape index (κ2) is 7.21. The molecule has 0 fully saturated rings. The van der Waals surface area contributed by atoms with Crippen molar-refractivity contribution in [3.63, 3.8) is 0 Å². The van der Waals surface area contributed by atoms with E-state index in [1.165, 1.54) is 23.9 Å². The lowest BCUT2D eigenvalue weighted by Gasteiger charge is -2.03. The molecule has 0 saturated heterocycles. The van der Waals surface area contributed by atoms with Gasteiger partial charge in [0.25, 0.3) is 0 Å². The van der Waals surface area contributed by atoms with Crippen molar-refractivity contribution in [1.29, 1.82) is 5.41 Å². The van der Waals surface area contributed by atoms with Crippen molar-refractivity contribution in [3.05, 3.63) is 23.8 Å². The van der Waals surface area contributed by atoms with Crippen LogP contribution in [0.5, 0.6) is 11.5 Å². The van der Waals surface area contributed by atoms with Crippen LogP contribution in [-0.2, 0) is 10.4 Å². The summed E-state index contributed by atoms with van der Waals surface area (Å²) in [5.74, 6) is 0.484. The largest absolute Gasteiger partial charge is 0.504 e. The Balaban J connectivity index is 0.000000494. The van der Waals surface area contributed by atoms with Gasteiger partial charge in [-0.25, -0.2) is 0 Å². The van der Waals surface area contributed by atoms with Crippen LogP contribution in [-0.4, -0.2) is 38.5 Å². The highest BCUT2D eigenvalue weighted by Crippen LogP contribution is 2.26. The molecule has 5 N–H and O–H groups in total. The molecule has 1 aromatic carbocycles. The minimum absolute atomic E-state index is 0.155. The molecule has 0 aliphatic heterocycles. The van der Waals surface area contributed by atoms with Gasteiger partial charge in [-0.3, -0.25) is 14.5 Å². The van der Waals surface area contributed by atoms with Gasteiger partial charge in [-0.2, -0.15) is 8.42 Å². The van der Waals surface area contributed by atoms with E-state index in [9.17, 15) is 0 Å². The smallest absolute Gasteiger partial charge is 0.394 e. The van der Waals surface area contributed by atoms with Gasteiger partial charge in [0.05, 0.1) is 5.04 Å². The number of rotatable bonds is 2. The zero-order valence-corrected chi connectivity index (χ0v) is 11.0. The molecule has 0 aliphatic carbocycles. The van der Waals surface area contributed by atoms with Gasteiger partial charge in [-0.1, -0.05) is 6.92 Å². The zero-order chi connectivity index (χ0) is 14.3. The van der Waals surface area contributed by atoms with Crippen LogP contribution in [0.25, 0.3) is 0 Å². The molecule has 1 aromatic rings. The highest BCUT2D eigenvalue weighted by atomic mass is 32.3. The Bertz CT molecular complexity index is 506. The monoisotopic (exact) mass is 295 g/mol. The Kier molecular flexibility index (Phi) is 6.70. The first kappa shape index (κ1) is 16.7. The van der Waals surface area contributed by atoms with Crippen molar-refractivity contribution in [2.24, 2.45) is 0 Å². The summed E-state index contributed by atoms with van der Waals surface area (Å²) in [5, 5.41) is 26.2. The average Bonchev–Trinajstić information content (AvgIpc) is 2.20. The molecular formula is C9H13NO6S2. The molecule has 7 nitrogen and oxygen atoms in total. The molecule has 0 saturated carbocycles. The summed E-state index contributed by atoms with van der Waals surface area (Å²) in [4.78, 5) is 0. The summed E-state index contributed by atoms with van der Waals surface area (Å²) < 4.78 is 31.6. The highest BCUT2D eigenvalue weighted by molar-refractivity contribution is 8.14. The Morgan fingerprint density at radius 3 is 2.17 bits per heavy atom. The lowest BCUT2D eigenvalue weighted by atomic mass is 10.2. The maximum atomic E-state index is 9.16. The van der Waals surface area contributed by atoms with Gasteiger partial charge in [0.1, 0.15) is 0 Å². The quantitative estimate of drug-likeness (QED) is 0.241. The van der Waals surface area contributed by atoms with E-state index in [4.69, 9.17) is 33.1 Å². The van der Waals surface area contributed by atoms with Gasteiger partial charge in [0.15, 0.2) is 11.5 Å². The minimum Gasteiger partial charge on any atom is -0.504 e. The van der Waals surface area contributed by atoms with Gasteiger partial charge in [0, 0.05) is 5.56 Å². The van der Waals surface area contributed by atoms with Crippen LogP contribution in [0.4, 0.5) is 0 Å². The van der Waals surface area contributed by atoms with Crippen molar-refractivity contribution >= 4 is 27.2 Å².